The van der Waals surface area contributed by atoms with Crippen LogP contribution in [0.5, 0.6) is 0 Å². The van der Waals surface area contributed by atoms with Gasteiger partial charge in [-0.15, -0.1) is 0 Å². The minimum absolute atomic E-state index is 0.108. The van der Waals surface area contributed by atoms with Crippen LogP contribution in [0, 0.1) is 22.7 Å². The Kier molecular flexibility index (Phi) is 2.44. The molecule has 1 spiro atoms. The lowest BCUT2D eigenvalue weighted by molar-refractivity contribution is 0.505. The minimum Gasteiger partial charge on any atom is -0.192 e. The van der Waals surface area contributed by atoms with Crippen molar-refractivity contribution < 1.29 is 0 Å². The van der Waals surface area contributed by atoms with E-state index in [0.29, 0.717) is 0 Å². The summed E-state index contributed by atoms with van der Waals surface area (Å²) in [6.07, 6.45) is 4.05. The number of benzene rings is 2. The lowest BCUT2D eigenvalue weighted by Crippen LogP contribution is -2.23. The second kappa shape index (κ2) is 4.21. The highest BCUT2D eigenvalue weighted by Gasteiger charge is 2.47. The SMILES string of the molecule is N#Cc1cccc2c1C1(CC2)CCc2cccc(C#N)c21. The first kappa shape index (κ1) is 12.2. The van der Waals surface area contributed by atoms with Gasteiger partial charge in [0, 0.05) is 5.41 Å². The van der Waals surface area contributed by atoms with Crippen molar-refractivity contribution in [2.24, 2.45) is 0 Å². The Morgan fingerprint density at radius 2 is 1.24 bits per heavy atom. The fraction of sp³-hybridized carbons (Fsp3) is 0.263. The highest BCUT2D eigenvalue weighted by molar-refractivity contribution is 5.62. The van der Waals surface area contributed by atoms with Gasteiger partial charge in [0.1, 0.15) is 0 Å². The first-order chi connectivity index (χ1) is 10.3. The van der Waals surface area contributed by atoms with Gasteiger partial charge in [-0.3, -0.25) is 0 Å². The Bertz CT molecular complexity index is 762. The molecular formula is C19H14N2. The molecule has 21 heavy (non-hydrogen) atoms. The Morgan fingerprint density at radius 1 is 0.762 bits per heavy atom. The van der Waals surface area contributed by atoms with E-state index in [0.717, 1.165) is 36.8 Å². The zero-order chi connectivity index (χ0) is 14.4. The van der Waals surface area contributed by atoms with Crippen molar-refractivity contribution in [1.29, 1.82) is 10.5 Å². The average Bonchev–Trinajstić information content (AvgIpc) is 3.10. The van der Waals surface area contributed by atoms with Crippen LogP contribution in [0.15, 0.2) is 36.4 Å². The summed E-state index contributed by atoms with van der Waals surface area (Å²) < 4.78 is 0. The van der Waals surface area contributed by atoms with Crippen LogP contribution in [-0.4, -0.2) is 0 Å². The summed E-state index contributed by atoms with van der Waals surface area (Å²) in [4.78, 5) is 0. The van der Waals surface area contributed by atoms with Crippen molar-refractivity contribution in [3.05, 3.63) is 69.8 Å². The maximum atomic E-state index is 9.50. The van der Waals surface area contributed by atoms with Gasteiger partial charge in [0.05, 0.1) is 23.3 Å². The summed E-state index contributed by atoms with van der Waals surface area (Å²) in [6, 6.07) is 16.8. The third-order valence-corrected chi connectivity index (χ3v) is 5.14. The number of hydrogen-bond acceptors (Lipinski definition) is 2. The molecule has 0 atom stereocenters. The normalized spacial score (nSPS) is 17.0. The van der Waals surface area contributed by atoms with Gasteiger partial charge in [0.2, 0.25) is 0 Å². The molecule has 0 aliphatic heterocycles. The standard InChI is InChI=1S/C19H14N2/c20-11-15-5-1-3-13-7-9-19(17(13)15)10-8-14-4-2-6-16(12-21)18(14)19/h1-6H,7-10H2. The van der Waals surface area contributed by atoms with Gasteiger partial charge < -0.3 is 0 Å². The quantitative estimate of drug-likeness (QED) is 0.734. The molecule has 0 saturated carbocycles. The number of rotatable bonds is 0. The molecule has 0 unspecified atom stereocenters. The third-order valence-electron chi connectivity index (χ3n) is 5.14. The topological polar surface area (TPSA) is 47.6 Å². The molecule has 2 aliphatic carbocycles. The molecule has 0 fully saturated rings. The molecular weight excluding hydrogens is 256 g/mol. The zero-order valence-corrected chi connectivity index (χ0v) is 11.7. The summed E-state index contributed by atoms with van der Waals surface area (Å²) in [6.45, 7) is 0. The molecule has 4 rings (SSSR count). The average molecular weight is 270 g/mol. The van der Waals surface area contributed by atoms with Crippen LogP contribution in [0.25, 0.3) is 0 Å². The summed E-state index contributed by atoms with van der Waals surface area (Å²) in [5.41, 5.74) is 6.41. The summed E-state index contributed by atoms with van der Waals surface area (Å²) in [5.74, 6) is 0. The van der Waals surface area contributed by atoms with Crippen molar-refractivity contribution in [3.63, 3.8) is 0 Å². The van der Waals surface area contributed by atoms with Crippen LogP contribution in [0.1, 0.15) is 46.2 Å². The van der Waals surface area contributed by atoms with E-state index in [1.807, 2.05) is 24.3 Å². The summed E-state index contributed by atoms with van der Waals surface area (Å²) in [5, 5.41) is 19.0. The molecule has 2 aromatic carbocycles. The monoisotopic (exact) mass is 270 g/mol. The minimum atomic E-state index is -0.108. The fourth-order valence-electron chi connectivity index (χ4n) is 4.38. The van der Waals surface area contributed by atoms with E-state index >= 15 is 0 Å². The number of nitriles is 2. The second-order valence-electron chi connectivity index (χ2n) is 5.99. The Balaban J connectivity index is 2.06. The lowest BCUT2D eigenvalue weighted by Gasteiger charge is -2.28. The maximum absolute atomic E-state index is 9.50. The predicted molar refractivity (Wildman–Crippen MR) is 79.7 cm³/mol. The van der Waals surface area contributed by atoms with E-state index in [1.54, 1.807) is 0 Å². The Morgan fingerprint density at radius 3 is 1.67 bits per heavy atom. The molecule has 0 amide bonds. The van der Waals surface area contributed by atoms with Crippen LogP contribution in [0.2, 0.25) is 0 Å². The zero-order valence-electron chi connectivity index (χ0n) is 11.7. The number of fused-ring (bicyclic) bond motifs is 4. The van der Waals surface area contributed by atoms with Crippen molar-refractivity contribution in [2.45, 2.75) is 31.1 Å². The molecule has 0 aromatic heterocycles. The van der Waals surface area contributed by atoms with E-state index in [-0.39, 0.29) is 5.41 Å². The molecule has 0 heterocycles. The molecule has 2 aliphatic rings. The molecule has 100 valence electrons. The van der Waals surface area contributed by atoms with Crippen LogP contribution in [0.4, 0.5) is 0 Å². The molecule has 2 nitrogen and oxygen atoms in total. The first-order valence-electron chi connectivity index (χ1n) is 7.35. The van der Waals surface area contributed by atoms with Crippen molar-refractivity contribution in [1.82, 2.24) is 0 Å². The van der Waals surface area contributed by atoms with Crippen LogP contribution in [-0.2, 0) is 18.3 Å². The number of hydrogen-bond donors (Lipinski definition) is 0. The van der Waals surface area contributed by atoms with Crippen LogP contribution >= 0.6 is 0 Å². The molecule has 0 bridgehead atoms. The van der Waals surface area contributed by atoms with Gasteiger partial charge in [0.15, 0.2) is 0 Å². The summed E-state index contributed by atoms with van der Waals surface area (Å²) >= 11 is 0. The second-order valence-corrected chi connectivity index (χ2v) is 5.99. The van der Waals surface area contributed by atoms with Gasteiger partial charge in [-0.05, 0) is 60.1 Å². The van der Waals surface area contributed by atoms with Crippen molar-refractivity contribution in [3.8, 4) is 12.1 Å². The van der Waals surface area contributed by atoms with Crippen LogP contribution in [0.3, 0.4) is 0 Å². The van der Waals surface area contributed by atoms with Crippen molar-refractivity contribution in [2.75, 3.05) is 0 Å². The summed E-state index contributed by atoms with van der Waals surface area (Å²) in [7, 11) is 0. The largest absolute Gasteiger partial charge is 0.192 e. The Hall–Kier alpha value is -2.58. The number of nitrogens with zero attached hydrogens (tertiary/aromatic N) is 2. The molecule has 2 aromatic rings. The third kappa shape index (κ3) is 1.45. The van der Waals surface area contributed by atoms with Gasteiger partial charge in [-0.2, -0.15) is 10.5 Å². The van der Waals surface area contributed by atoms with E-state index < -0.39 is 0 Å². The van der Waals surface area contributed by atoms with Gasteiger partial charge in [-0.1, -0.05) is 24.3 Å². The molecule has 0 radical (unpaired) electrons. The number of aryl methyl sites for hydroxylation is 2. The van der Waals surface area contributed by atoms with Gasteiger partial charge in [0.25, 0.3) is 0 Å². The van der Waals surface area contributed by atoms with Crippen LogP contribution < -0.4 is 0 Å². The highest BCUT2D eigenvalue weighted by Crippen LogP contribution is 2.54. The highest BCUT2D eigenvalue weighted by atomic mass is 14.5. The van der Waals surface area contributed by atoms with E-state index in [4.69, 9.17) is 0 Å². The van der Waals surface area contributed by atoms with E-state index in [1.165, 1.54) is 22.3 Å². The van der Waals surface area contributed by atoms with Crippen molar-refractivity contribution >= 4 is 0 Å². The maximum Gasteiger partial charge on any atom is 0.0994 e. The van der Waals surface area contributed by atoms with E-state index in [2.05, 4.69) is 24.3 Å². The lowest BCUT2D eigenvalue weighted by atomic mass is 9.73. The molecule has 0 saturated heterocycles. The van der Waals surface area contributed by atoms with Gasteiger partial charge >= 0.3 is 0 Å². The molecule has 0 N–H and O–H groups in total. The molecule has 2 heteroatoms. The Labute approximate surface area is 124 Å². The fourth-order valence-corrected chi connectivity index (χ4v) is 4.38. The van der Waals surface area contributed by atoms with Gasteiger partial charge in [-0.25, -0.2) is 0 Å². The van der Waals surface area contributed by atoms with E-state index in [9.17, 15) is 10.5 Å². The smallest absolute Gasteiger partial charge is 0.0994 e. The first-order valence-corrected chi connectivity index (χ1v) is 7.35. The predicted octanol–water partition coefficient (Wildman–Crippen LogP) is 3.61.